The first-order chi connectivity index (χ1) is 30.6. The topological polar surface area (TPSA) is 3.24 Å². The van der Waals surface area contributed by atoms with E-state index in [1.54, 1.807) is 0 Å². The van der Waals surface area contributed by atoms with Crippen molar-refractivity contribution >= 4 is 60.2 Å². The maximum absolute atomic E-state index is 2.53. The molecule has 11 aromatic rings. The number of benzene rings is 11. The molecule has 0 N–H and O–H groups in total. The minimum atomic E-state index is -0.139. The van der Waals surface area contributed by atoms with Gasteiger partial charge in [0.25, 0.3) is 0 Å². The highest BCUT2D eigenvalue weighted by Crippen LogP contribution is 2.55. The van der Waals surface area contributed by atoms with Gasteiger partial charge in [-0.2, -0.15) is 0 Å². The van der Waals surface area contributed by atoms with Crippen molar-refractivity contribution in [1.29, 1.82) is 0 Å². The summed E-state index contributed by atoms with van der Waals surface area (Å²) in [5.41, 5.74) is 16.1. The van der Waals surface area contributed by atoms with Gasteiger partial charge >= 0.3 is 0 Å². The summed E-state index contributed by atoms with van der Waals surface area (Å²) >= 11 is 0. The lowest BCUT2D eigenvalue weighted by molar-refractivity contribution is 0.632. The van der Waals surface area contributed by atoms with Crippen LogP contribution in [0.1, 0.15) is 25.0 Å². The van der Waals surface area contributed by atoms with Crippen LogP contribution in [0.5, 0.6) is 0 Å². The number of hydrogen-bond donors (Lipinski definition) is 0. The Morgan fingerprint density at radius 3 is 1.11 bits per heavy atom. The van der Waals surface area contributed by atoms with Crippen molar-refractivity contribution in [2.45, 2.75) is 19.3 Å². The molecular weight excluding hydrogens is 747 g/mol. The highest BCUT2D eigenvalue weighted by atomic mass is 15.2. The summed E-state index contributed by atoms with van der Waals surface area (Å²) in [7, 11) is 0. The number of rotatable bonds is 5. The van der Waals surface area contributed by atoms with E-state index < -0.39 is 0 Å². The maximum atomic E-state index is 2.53. The number of para-hydroxylation sites is 2. The molecule has 62 heavy (non-hydrogen) atoms. The Balaban J connectivity index is 1.08. The molecule has 292 valence electrons. The van der Waals surface area contributed by atoms with E-state index in [1.165, 1.54) is 116 Å². The number of anilines is 3. The van der Waals surface area contributed by atoms with Crippen LogP contribution in [0.4, 0.5) is 17.1 Å². The Labute approximate surface area is 362 Å². The molecule has 0 spiro atoms. The van der Waals surface area contributed by atoms with Gasteiger partial charge in [-0.25, -0.2) is 0 Å². The summed E-state index contributed by atoms with van der Waals surface area (Å²) in [6.45, 7) is 4.71. The van der Waals surface area contributed by atoms with Gasteiger partial charge < -0.3 is 4.90 Å². The molecule has 12 rings (SSSR count). The normalized spacial score (nSPS) is 13.1. The molecule has 0 saturated carbocycles. The van der Waals surface area contributed by atoms with E-state index in [0.717, 1.165) is 0 Å². The molecular formula is C61H43N. The Morgan fingerprint density at radius 1 is 0.274 bits per heavy atom. The van der Waals surface area contributed by atoms with E-state index in [9.17, 15) is 0 Å². The first-order valence-electron chi connectivity index (χ1n) is 21.7. The highest BCUT2D eigenvalue weighted by Gasteiger charge is 2.37. The number of fused-ring (bicyclic) bond motifs is 6. The Hall–Kier alpha value is -7.74. The Morgan fingerprint density at radius 2 is 0.613 bits per heavy atom. The average Bonchev–Trinajstić information content (AvgIpc) is 3.33. The highest BCUT2D eigenvalue weighted by molar-refractivity contribution is 6.24. The van der Waals surface area contributed by atoms with E-state index in [4.69, 9.17) is 0 Å². The summed E-state index contributed by atoms with van der Waals surface area (Å²) < 4.78 is 0. The van der Waals surface area contributed by atoms with Crippen LogP contribution in [0.25, 0.3) is 87.6 Å². The van der Waals surface area contributed by atoms with Gasteiger partial charge in [-0.05, 0) is 106 Å². The molecule has 0 amide bonds. The second-order valence-electron chi connectivity index (χ2n) is 17.2. The van der Waals surface area contributed by atoms with Crippen LogP contribution in [-0.4, -0.2) is 0 Å². The fourth-order valence-electron chi connectivity index (χ4n) is 10.6. The molecule has 1 heterocycles. The van der Waals surface area contributed by atoms with Crippen LogP contribution in [0.2, 0.25) is 0 Å². The number of hydrogen-bond acceptors (Lipinski definition) is 1. The summed E-state index contributed by atoms with van der Waals surface area (Å²) in [6, 6.07) is 83.0. The molecule has 0 bridgehead atoms. The first-order valence-corrected chi connectivity index (χ1v) is 21.7. The van der Waals surface area contributed by atoms with Crippen LogP contribution >= 0.6 is 0 Å². The van der Waals surface area contributed by atoms with Crippen LogP contribution in [0.3, 0.4) is 0 Å². The van der Waals surface area contributed by atoms with Gasteiger partial charge in [0.1, 0.15) is 0 Å². The van der Waals surface area contributed by atoms with Crippen molar-refractivity contribution in [2.75, 3.05) is 4.90 Å². The Kier molecular flexibility index (Phi) is 8.27. The van der Waals surface area contributed by atoms with Crippen molar-refractivity contribution in [3.63, 3.8) is 0 Å². The molecule has 1 aliphatic heterocycles. The second kappa shape index (κ2) is 14.2. The zero-order valence-corrected chi connectivity index (χ0v) is 34.8. The molecule has 0 atom stereocenters. The minimum Gasteiger partial charge on any atom is -0.309 e. The van der Waals surface area contributed by atoms with E-state index >= 15 is 0 Å². The number of nitrogens with zero attached hydrogens (tertiary/aromatic N) is 1. The second-order valence-corrected chi connectivity index (χ2v) is 17.2. The van der Waals surface area contributed by atoms with Crippen molar-refractivity contribution in [3.05, 3.63) is 236 Å². The van der Waals surface area contributed by atoms with E-state index in [0.29, 0.717) is 0 Å². The lowest BCUT2D eigenvalue weighted by atomic mass is 9.73. The smallest absolute Gasteiger partial charge is 0.0619 e. The Bertz CT molecular complexity index is 3420. The lowest BCUT2D eigenvalue weighted by Gasteiger charge is -2.42. The average molecular weight is 790 g/mol. The van der Waals surface area contributed by atoms with Gasteiger partial charge in [0.05, 0.1) is 17.1 Å². The molecule has 0 radical (unpaired) electrons. The van der Waals surface area contributed by atoms with Gasteiger partial charge in [0.15, 0.2) is 0 Å². The van der Waals surface area contributed by atoms with Crippen LogP contribution in [0.15, 0.2) is 224 Å². The van der Waals surface area contributed by atoms with Gasteiger partial charge in [-0.1, -0.05) is 220 Å². The molecule has 1 nitrogen and oxygen atoms in total. The van der Waals surface area contributed by atoms with Gasteiger partial charge in [-0.3, -0.25) is 0 Å². The standard InChI is InChI=1S/C61H43N/c1-61(2)53-29-15-17-31-55(53)62(56-32-18-16-30-54(56)61)60-50-27-13-11-25-47(50)58(48-26-12-14-28-51(48)60)43-35-33-42(34-36-43)57-45-23-9-10-24-46(45)59(41-21-7-4-8-22-41)52-39-44(37-38-49(52)57)40-19-5-3-6-20-40/h3-39H,1-2H3. The molecule has 0 saturated heterocycles. The van der Waals surface area contributed by atoms with E-state index in [-0.39, 0.29) is 5.41 Å². The van der Waals surface area contributed by atoms with Crippen LogP contribution < -0.4 is 4.90 Å². The summed E-state index contributed by atoms with van der Waals surface area (Å²) in [5.74, 6) is 0. The predicted molar refractivity (Wildman–Crippen MR) is 265 cm³/mol. The van der Waals surface area contributed by atoms with Gasteiger partial charge in [-0.15, -0.1) is 0 Å². The fourth-order valence-corrected chi connectivity index (χ4v) is 10.6. The van der Waals surface area contributed by atoms with Crippen LogP contribution in [0, 0.1) is 0 Å². The molecule has 0 aliphatic carbocycles. The molecule has 11 aromatic carbocycles. The zero-order valence-electron chi connectivity index (χ0n) is 34.8. The molecule has 0 unspecified atom stereocenters. The van der Waals surface area contributed by atoms with Crippen molar-refractivity contribution in [3.8, 4) is 44.5 Å². The third-order valence-corrected chi connectivity index (χ3v) is 13.4. The third kappa shape index (κ3) is 5.48. The maximum Gasteiger partial charge on any atom is 0.0619 e. The van der Waals surface area contributed by atoms with E-state index in [1.807, 2.05) is 0 Å². The van der Waals surface area contributed by atoms with Crippen molar-refractivity contribution < 1.29 is 0 Å². The van der Waals surface area contributed by atoms with Crippen molar-refractivity contribution in [1.82, 2.24) is 0 Å². The van der Waals surface area contributed by atoms with E-state index in [2.05, 4.69) is 243 Å². The quantitative estimate of drug-likeness (QED) is 0.157. The fraction of sp³-hybridized carbons (Fsp3) is 0.0492. The monoisotopic (exact) mass is 789 g/mol. The third-order valence-electron chi connectivity index (χ3n) is 13.4. The predicted octanol–water partition coefficient (Wildman–Crippen LogP) is 17.1. The largest absolute Gasteiger partial charge is 0.309 e. The summed E-state index contributed by atoms with van der Waals surface area (Å²) in [5, 5.41) is 9.97. The molecule has 1 heteroatoms. The minimum absolute atomic E-state index is 0.139. The van der Waals surface area contributed by atoms with Gasteiger partial charge in [0, 0.05) is 16.2 Å². The molecule has 0 fully saturated rings. The zero-order chi connectivity index (χ0) is 41.4. The first kappa shape index (κ1) is 36.1. The van der Waals surface area contributed by atoms with Gasteiger partial charge in [0.2, 0.25) is 0 Å². The molecule has 0 aromatic heterocycles. The lowest BCUT2D eigenvalue weighted by Crippen LogP contribution is -2.30. The van der Waals surface area contributed by atoms with Crippen molar-refractivity contribution in [2.24, 2.45) is 0 Å². The summed E-state index contributed by atoms with van der Waals surface area (Å²) in [6.07, 6.45) is 0. The SMILES string of the molecule is CC1(C)c2ccccc2N(c2c3ccccc3c(-c3ccc(-c4c5ccccc5c(-c5ccccc5)c5cc(-c6ccccc6)ccc45)cc3)c3ccccc23)c2ccccc21. The van der Waals surface area contributed by atoms with Crippen LogP contribution in [-0.2, 0) is 5.41 Å². The summed E-state index contributed by atoms with van der Waals surface area (Å²) in [4.78, 5) is 2.53. The molecule has 1 aliphatic rings.